The molecule has 5 aromatic rings. The summed E-state index contributed by atoms with van der Waals surface area (Å²) in [4.78, 5) is 0. The summed E-state index contributed by atoms with van der Waals surface area (Å²) >= 11 is 0. The summed E-state index contributed by atoms with van der Waals surface area (Å²) in [5.74, 6) is 0. The van der Waals surface area contributed by atoms with Crippen LogP contribution in [-0.2, 0) is 0 Å². The van der Waals surface area contributed by atoms with Crippen molar-refractivity contribution in [1.82, 2.24) is 0 Å². The first-order valence-electron chi connectivity index (χ1n) is 11.5. The van der Waals surface area contributed by atoms with Gasteiger partial charge in [-0.25, -0.2) is 0 Å². The van der Waals surface area contributed by atoms with Crippen molar-refractivity contribution in [3.63, 3.8) is 0 Å². The molecule has 0 nitrogen and oxygen atoms in total. The maximum Gasteiger partial charge on any atom is -0.00966 e. The molecule has 33 heavy (non-hydrogen) atoms. The Hall–Kier alpha value is -3.90. The average molecular weight is 425 g/mol. The van der Waals surface area contributed by atoms with Gasteiger partial charge in [0.15, 0.2) is 0 Å². The van der Waals surface area contributed by atoms with Crippen molar-refractivity contribution in [3.05, 3.63) is 132 Å². The molecule has 0 aliphatic heterocycles. The normalized spacial score (nSPS) is 10.9. The van der Waals surface area contributed by atoms with E-state index in [1.54, 1.807) is 0 Å². The minimum Gasteiger partial charge on any atom is -0.0622 e. The van der Waals surface area contributed by atoms with E-state index in [9.17, 15) is 0 Å². The Bertz CT molecular complexity index is 1420. The molecule has 0 radical (unpaired) electrons. The Morgan fingerprint density at radius 3 is 1.42 bits per heavy atom. The molecule has 0 heterocycles. The lowest BCUT2D eigenvalue weighted by Crippen LogP contribution is -1.91. The Labute approximate surface area is 197 Å². The van der Waals surface area contributed by atoms with E-state index in [-0.39, 0.29) is 0 Å². The van der Waals surface area contributed by atoms with Gasteiger partial charge in [-0.15, -0.1) is 0 Å². The maximum absolute atomic E-state index is 2.36. The van der Waals surface area contributed by atoms with Crippen molar-refractivity contribution in [2.75, 3.05) is 0 Å². The Balaban J connectivity index is 1.69. The lowest BCUT2D eigenvalue weighted by molar-refractivity contribution is 1.40. The van der Waals surface area contributed by atoms with E-state index < -0.39 is 0 Å². The van der Waals surface area contributed by atoms with Crippen LogP contribution >= 0.6 is 0 Å². The SMILES string of the molecule is Cc1ccccc1-c1cc(-c2ccc(-c3ccccc3)c(-c3ccccc3C)c2)ccc1C. The molecule has 0 saturated carbocycles. The van der Waals surface area contributed by atoms with Crippen LogP contribution in [0.1, 0.15) is 16.7 Å². The van der Waals surface area contributed by atoms with Gasteiger partial charge >= 0.3 is 0 Å². The summed E-state index contributed by atoms with van der Waals surface area (Å²) in [6.45, 7) is 6.58. The second-order valence-corrected chi connectivity index (χ2v) is 8.79. The van der Waals surface area contributed by atoms with Gasteiger partial charge in [-0.3, -0.25) is 0 Å². The zero-order valence-corrected chi connectivity index (χ0v) is 19.5. The van der Waals surface area contributed by atoms with Crippen LogP contribution in [0.15, 0.2) is 115 Å². The summed E-state index contributed by atoms with van der Waals surface area (Å²) in [6, 6.07) is 41.7. The molecule has 0 fully saturated rings. The van der Waals surface area contributed by atoms with Gasteiger partial charge in [0.05, 0.1) is 0 Å². The predicted molar refractivity (Wildman–Crippen MR) is 142 cm³/mol. The predicted octanol–water partition coefficient (Wildman–Crippen LogP) is 9.28. The van der Waals surface area contributed by atoms with Crippen LogP contribution in [0.5, 0.6) is 0 Å². The van der Waals surface area contributed by atoms with Crippen LogP contribution < -0.4 is 0 Å². The van der Waals surface area contributed by atoms with E-state index in [2.05, 4.69) is 136 Å². The highest BCUT2D eigenvalue weighted by atomic mass is 14.2. The van der Waals surface area contributed by atoms with Gasteiger partial charge in [0.25, 0.3) is 0 Å². The van der Waals surface area contributed by atoms with Crippen molar-refractivity contribution < 1.29 is 0 Å². The highest BCUT2D eigenvalue weighted by Gasteiger charge is 2.13. The smallest absolute Gasteiger partial charge is 0.00966 e. The van der Waals surface area contributed by atoms with Gasteiger partial charge in [0.2, 0.25) is 0 Å². The molecule has 0 aliphatic rings. The molecule has 0 aromatic heterocycles. The molecule has 0 amide bonds. The van der Waals surface area contributed by atoms with Crippen LogP contribution in [0.3, 0.4) is 0 Å². The van der Waals surface area contributed by atoms with Crippen LogP contribution in [0, 0.1) is 20.8 Å². The average Bonchev–Trinajstić information content (AvgIpc) is 2.85. The van der Waals surface area contributed by atoms with Gasteiger partial charge in [0, 0.05) is 0 Å². The number of aryl methyl sites for hydroxylation is 3. The van der Waals surface area contributed by atoms with E-state index in [1.807, 2.05) is 0 Å². The molecule has 0 aliphatic carbocycles. The first kappa shape index (κ1) is 21.0. The summed E-state index contributed by atoms with van der Waals surface area (Å²) < 4.78 is 0. The second-order valence-electron chi connectivity index (χ2n) is 8.79. The molecular weight excluding hydrogens is 396 g/mol. The molecule has 0 N–H and O–H groups in total. The molecule has 0 unspecified atom stereocenters. The standard InChI is InChI=1S/C33H28/c1-23-11-7-9-15-29(23)32-21-27(18-17-25(32)3)28-19-20-31(26-13-5-4-6-14-26)33(22-28)30-16-10-8-12-24(30)2/h4-22H,1-3H3. The second kappa shape index (κ2) is 8.92. The fraction of sp³-hybridized carbons (Fsp3) is 0.0909. The zero-order valence-electron chi connectivity index (χ0n) is 19.5. The topological polar surface area (TPSA) is 0 Å². The third kappa shape index (κ3) is 4.13. The molecule has 5 aromatic carbocycles. The molecule has 5 rings (SSSR count). The molecule has 0 heteroatoms. The minimum absolute atomic E-state index is 1.24. The number of hydrogen-bond donors (Lipinski definition) is 0. The molecular formula is C33H28. The van der Waals surface area contributed by atoms with Crippen LogP contribution in [0.4, 0.5) is 0 Å². The fourth-order valence-corrected chi connectivity index (χ4v) is 4.66. The highest BCUT2D eigenvalue weighted by molar-refractivity contribution is 5.89. The number of rotatable bonds is 4. The van der Waals surface area contributed by atoms with Crippen LogP contribution in [0.25, 0.3) is 44.5 Å². The monoisotopic (exact) mass is 424 g/mol. The van der Waals surface area contributed by atoms with E-state index in [0.717, 1.165) is 0 Å². The van der Waals surface area contributed by atoms with Crippen molar-refractivity contribution in [3.8, 4) is 44.5 Å². The van der Waals surface area contributed by atoms with Crippen LogP contribution in [-0.4, -0.2) is 0 Å². The third-order valence-corrected chi connectivity index (χ3v) is 6.55. The molecule has 0 bridgehead atoms. The Morgan fingerprint density at radius 2 is 0.788 bits per heavy atom. The van der Waals surface area contributed by atoms with E-state index >= 15 is 0 Å². The Kier molecular flexibility index (Phi) is 5.67. The van der Waals surface area contributed by atoms with Crippen molar-refractivity contribution in [2.45, 2.75) is 20.8 Å². The highest BCUT2D eigenvalue weighted by Crippen LogP contribution is 2.38. The molecule has 0 saturated heterocycles. The number of benzene rings is 5. The summed E-state index contributed by atoms with van der Waals surface area (Å²) in [5.41, 5.74) is 14.0. The van der Waals surface area contributed by atoms with Gasteiger partial charge in [-0.05, 0) is 94.1 Å². The lowest BCUT2D eigenvalue weighted by Gasteiger charge is -2.16. The minimum atomic E-state index is 1.24. The van der Waals surface area contributed by atoms with Gasteiger partial charge in [-0.1, -0.05) is 103 Å². The molecule has 0 atom stereocenters. The first-order chi connectivity index (χ1) is 16.1. The van der Waals surface area contributed by atoms with Gasteiger partial charge in [-0.2, -0.15) is 0 Å². The molecule has 160 valence electrons. The van der Waals surface area contributed by atoms with Crippen LogP contribution in [0.2, 0.25) is 0 Å². The third-order valence-electron chi connectivity index (χ3n) is 6.55. The summed E-state index contributed by atoms with van der Waals surface area (Å²) in [7, 11) is 0. The van der Waals surface area contributed by atoms with Crippen molar-refractivity contribution in [2.24, 2.45) is 0 Å². The molecule has 0 spiro atoms. The van der Waals surface area contributed by atoms with E-state index in [0.29, 0.717) is 0 Å². The summed E-state index contributed by atoms with van der Waals surface area (Å²) in [5, 5.41) is 0. The summed E-state index contributed by atoms with van der Waals surface area (Å²) in [6.07, 6.45) is 0. The van der Waals surface area contributed by atoms with Crippen molar-refractivity contribution in [1.29, 1.82) is 0 Å². The first-order valence-corrected chi connectivity index (χ1v) is 11.5. The van der Waals surface area contributed by atoms with Crippen molar-refractivity contribution >= 4 is 0 Å². The van der Waals surface area contributed by atoms with Gasteiger partial charge in [0.1, 0.15) is 0 Å². The van der Waals surface area contributed by atoms with E-state index in [1.165, 1.54) is 61.2 Å². The van der Waals surface area contributed by atoms with E-state index in [4.69, 9.17) is 0 Å². The zero-order chi connectivity index (χ0) is 22.8. The van der Waals surface area contributed by atoms with Gasteiger partial charge < -0.3 is 0 Å². The Morgan fingerprint density at radius 1 is 0.303 bits per heavy atom. The fourth-order valence-electron chi connectivity index (χ4n) is 4.66. The lowest BCUT2D eigenvalue weighted by atomic mass is 9.88. The quantitative estimate of drug-likeness (QED) is 0.270. The maximum atomic E-state index is 2.36. The largest absolute Gasteiger partial charge is 0.0622 e. The number of hydrogen-bond acceptors (Lipinski definition) is 0.